The zero-order valence-electron chi connectivity index (χ0n) is 14.7. The summed E-state index contributed by atoms with van der Waals surface area (Å²) in [6, 6.07) is 11.1. The van der Waals surface area contributed by atoms with E-state index in [0.717, 1.165) is 11.1 Å². The molecular weight excluding hydrogens is 354 g/mol. The van der Waals surface area contributed by atoms with Gasteiger partial charge in [0.15, 0.2) is 11.5 Å². The molecule has 5 nitrogen and oxygen atoms in total. The van der Waals surface area contributed by atoms with Gasteiger partial charge in [0, 0.05) is 24.7 Å². The third-order valence-electron chi connectivity index (χ3n) is 3.95. The molecule has 0 aliphatic carbocycles. The zero-order chi connectivity index (χ0) is 18.5. The molecule has 0 atom stereocenters. The number of rotatable bonds is 5. The van der Waals surface area contributed by atoms with Gasteiger partial charge < -0.3 is 19.1 Å². The Kier molecular flexibility index (Phi) is 5.68. The molecule has 0 saturated carbocycles. The third-order valence-corrected chi connectivity index (χ3v) is 4.19. The number of fused-ring (bicyclic) bond motifs is 1. The maximum Gasteiger partial charge on any atom is 0.246 e. The summed E-state index contributed by atoms with van der Waals surface area (Å²) in [4.78, 5) is 14.0. The van der Waals surface area contributed by atoms with Crippen molar-refractivity contribution in [3.8, 4) is 17.2 Å². The Morgan fingerprint density at radius 2 is 2.08 bits per heavy atom. The highest BCUT2D eigenvalue weighted by Gasteiger charge is 2.18. The van der Waals surface area contributed by atoms with Crippen molar-refractivity contribution >= 4 is 23.6 Å². The monoisotopic (exact) mass is 373 g/mol. The summed E-state index contributed by atoms with van der Waals surface area (Å²) in [7, 11) is 3.32. The van der Waals surface area contributed by atoms with E-state index in [1.165, 1.54) is 6.08 Å². The lowest BCUT2D eigenvalue weighted by atomic mass is 10.1. The molecule has 2 aromatic rings. The van der Waals surface area contributed by atoms with E-state index in [1.54, 1.807) is 25.1 Å². The van der Waals surface area contributed by atoms with Crippen LogP contribution in [0.25, 0.3) is 6.08 Å². The van der Waals surface area contributed by atoms with Crippen LogP contribution in [-0.2, 0) is 11.3 Å². The number of hydrogen-bond donors (Lipinski definition) is 0. The molecule has 1 aliphatic rings. The number of ether oxygens (including phenoxy) is 3. The molecule has 26 heavy (non-hydrogen) atoms. The van der Waals surface area contributed by atoms with E-state index < -0.39 is 0 Å². The first-order valence-corrected chi connectivity index (χ1v) is 8.60. The Morgan fingerprint density at radius 1 is 1.27 bits per heavy atom. The van der Waals surface area contributed by atoms with E-state index in [1.807, 2.05) is 36.4 Å². The van der Waals surface area contributed by atoms with Gasteiger partial charge in [0.2, 0.25) is 11.7 Å². The molecule has 1 heterocycles. The second kappa shape index (κ2) is 8.15. The Hall–Kier alpha value is -2.66. The second-order valence-electron chi connectivity index (χ2n) is 5.90. The molecule has 0 radical (unpaired) electrons. The van der Waals surface area contributed by atoms with Gasteiger partial charge in [-0.1, -0.05) is 23.7 Å². The van der Waals surface area contributed by atoms with Gasteiger partial charge in [0.25, 0.3) is 0 Å². The lowest BCUT2D eigenvalue weighted by Crippen LogP contribution is -2.24. The minimum absolute atomic E-state index is 0.112. The second-order valence-corrected chi connectivity index (χ2v) is 6.34. The summed E-state index contributed by atoms with van der Waals surface area (Å²) in [5.74, 6) is 1.69. The van der Waals surface area contributed by atoms with E-state index in [4.69, 9.17) is 25.8 Å². The van der Waals surface area contributed by atoms with Crippen molar-refractivity contribution in [2.75, 3.05) is 27.4 Å². The number of halogens is 1. The van der Waals surface area contributed by atoms with E-state index in [9.17, 15) is 4.79 Å². The maximum atomic E-state index is 12.4. The van der Waals surface area contributed by atoms with Gasteiger partial charge in [-0.05, 0) is 41.5 Å². The first kappa shape index (κ1) is 18.1. The highest BCUT2D eigenvalue weighted by molar-refractivity contribution is 6.30. The minimum atomic E-state index is -0.112. The van der Waals surface area contributed by atoms with Crippen molar-refractivity contribution in [2.45, 2.75) is 6.54 Å². The van der Waals surface area contributed by atoms with Gasteiger partial charge in [-0.3, -0.25) is 4.79 Å². The molecular formula is C20H20ClNO4. The third kappa shape index (κ3) is 4.29. The molecule has 0 spiro atoms. The van der Waals surface area contributed by atoms with E-state index in [2.05, 4.69) is 0 Å². The van der Waals surface area contributed by atoms with Crippen molar-refractivity contribution < 1.29 is 19.0 Å². The Balaban J connectivity index is 1.71. The fourth-order valence-corrected chi connectivity index (χ4v) is 2.88. The van der Waals surface area contributed by atoms with Gasteiger partial charge in [-0.15, -0.1) is 0 Å². The van der Waals surface area contributed by atoms with Crippen LogP contribution in [0.2, 0.25) is 5.02 Å². The number of methoxy groups -OCH3 is 1. The molecule has 1 aliphatic heterocycles. The summed E-state index contributed by atoms with van der Waals surface area (Å²) in [5, 5.41) is 0.655. The average Bonchev–Trinajstić information content (AvgIpc) is 2.65. The Labute approximate surface area is 157 Å². The number of carbonyl (C=O) groups is 1. The molecule has 2 aromatic carbocycles. The van der Waals surface area contributed by atoms with Gasteiger partial charge in [-0.2, -0.15) is 0 Å². The lowest BCUT2D eigenvalue weighted by molar-refractivity contribution is -0.125. The highest BCUT2D eigenvalue weighted by atomic mass is 35.5. The van der Waals surface area contributed by atoms with Crippen LogP contribution in [0, 0.1) is 0 Å². The van der Waals surface area contributed by atoms with Crippen LogP contribution >= 0.6 is 11.6 Å². The van der Waals surface area contributed by atoms with Crippen LogP contribution in [-0.4, -0.2) is 38.2 Å². The molecule has 136 valence electrons. The number of hydrogen-bond acceptors (Lipinski definition) is 4. The molecule has 3 rings (SSSR count). The summed E-state index contributed by atoms with van der Waals surface area (Å²) in [5.41, 5.74) is 1.78. The average molecular weight is 374 g/mol. The van der Waals surface area contributed by atoms with Gasteiger partial charge >= 0.3 is 0 Å². The Morgan fingerprint density at radius 3 is 2.85 bits per heavy atom. The standard InChI is InChI=1S/C20H20ClNO4/c1-22(13-15-4-3-5-16(21)10-15)19(23)7-6-14-11-17(24-2)20-18(12-14)25-8-9-26-20/h3-7,10-12H,8-9,13H2,1-2H3/b7-6+. The smallest absolute Gasteiger partial charge is 0.246 e. The quantitative estimate of drug-likeness (QED) is 0.748. The van der Waals surface area contributed by atoms with Crippen LogP contribution in [0.3, 0.4) is 0 Å². The minimum Gasteiger partial charge on any atom is -0.493 e. The first-order chi connectivity index (χ1) is 12.6. The first-order valence-electron chi connectivity index (χ1n) is 8.22. The van der Waals surface area contributed by atoms with Crippen LogP contribution in [0.4, 0.5) is 0 Å². The number of likely N-dealkylation sites (N-methyl/N-ethyl adjacent to an activating group) is 1. The molecule has 0 unspecified atom stereocenters. The fraction of sp³-hybridized carbons (Fsp3) is 0.250. The number of carbonyl (C=O) groups excluding carboxylic acids is 1. The van der Waals surface area contributed by atoms with Crippen molar-refractivity contribution in [1.29, 1.82) is 0 Å². The number of amides is 1. The van der Waals surface area contributed by atoms with Crippen LogP contribution in [0.1, 0.15) is 11.1 Å². The van der Waals surface area contributed by atoms with Crippen LogP contribution < -0.4 is 14.2 Å². The van der Waals surface area contributed by atoms with Crippen molar-refractivity contribution in [3.63, 3.8) is 0 Å². The van der Waals surface area contributed by atoms with Crippen LogP contribution in [0.5, 0.6) is 17.2 Å². The SMILES string of the molecule is COc1cc(/C=C/C(=O)N(C)Cc2cccc(Cl)c2)cc2c1OCCO2. The summed E-state index contributed by atoms with van der Waals surface area (Å²) in [6.45, 7) is 1.46. The lowest BCUT2D eigenvalue weighted by Gasteiger charge is -2.21. The number of nitrogens with zero attached hydrogens (tertiary/aromatic N) is 1. The van der Waals surface area contributed by atoms with Gasteiger partial charge in [0.1, 0.15) is 13.2 Å². The molecule has 0 fully saturated rings. The molecule has 6 heteroatoms. The summed E-state index contributed by atoms with van der Waals surface area (Å²) >= 11 is 5.98. The topological polar surface area (TPSA) is 48.0 Å². The van der Waals surface area contributed by atoms with Gasteiger partial charge in [0.05, 0.1) is 7.11 Å². The van der Waals surface area contributed by atoms with E-state index >= 15 is 0 Å². The normalized spacial score (nSPS) is 12.9. The molecule has 1 amide bonds. The van der Waals surface area contributed by atoms with Crippen molar-refractivity contribution in [3.05, 3.63) is 58.6 Å². The van der Waals surface area contributed by atoms with Crippen molar-refractivity contribution in [2.24, 2.45) is 0 Å². The molecule has 0 N–H and O–H groups in total. The Bertz CT molecular complexity index is 817. The maximum absolute atomic E-state index is 12.4. The predicted octanol–water partition coefficient (Wildman–Crippen LogP) is 3.79. The van der Waals surface area contributed by atoms with E-state index in [-0.39, 0.29) is 5.91 Å². The fourth-order valence-electron chi connectivity index (χ4n) is 2.67. The molecule has 0 saturated heterocycles. The number of benzene rings is 2. The molecule has 0 aromatic heterocycles. The highest BCUT2D eigenvalue weighted by Crippen LogP contribution is 2.40. The van der Waals surface area contributed by atoms with Gasteiger partial charge in [-0.25, -0.2) is 0 Å². The molecule has 0 bridgehead atoms. The van der Waals surface area contributed by atoms with Crippen molar-refractivity contribution in [1.82, 2.24) is 4.90 Å². The predicted molar refractivity (Wildman–Crippen MR) is 101 cm³/mol. The zero-order valence-corrected chi connectivity index (χ0v) is 15.5. The summed E-state index contributed by atoms with van der Waals surface area (Å²) < 4.78 is 16.5. The van der Waals surface area contributed by atoms with E-state index in [0.29, 0.717) is 42.0 Å². The summed E-state index contributed by atoms with van der Waals surface area (Å²) in [6.07, 6.45) is 3.26. The largest absolute Gasteiger partial charge is 0.493 e. The van der Waals surface area contributed by atoms with Crippen LogP contribution in [0.15, 0.2) is 42.5 Å².